The Balaban J connectivity index is 2.00. The van der Waals surface area contributed by atoms with E-state index in [4.69, 9.17) is 9.84 Å². The topological polar surface area (TPSA) is 58.6 Å². The average Bonchev–Trinajstić information content (AvgIpc) is 2.52. The number of rotatable bonds is 5. The number of halogens is 1. The molecule has 0 aromatic heterocycles. The van der Waals surface area contributed by atoms with Crippen LogP contribution < -0.4 is 10.1 Å². The molecule has 0 aliphatic rings. The summed E-state index contributed by atoms with van der Waals surface area (Å²) in [5.41, 5.74) is 1.64. The molecule has 0 spiro atoms. The van der Waals surface area contributed by atoms with Crippen LogP contribution >= 0.6 is 0 Å². The number of carbonyl (C=O) groups is 1. The molecule has 0 saturated carbocycles. The van der Waals surface area contributed by atoms with Gasteiger partial charge in [-0.2, -0.15) is 0 Å². The molecule has 2 aromatic carbocycles. The van der Waals surface area contributed by atoms with Gasteiger partial charge >= 0.3 is 0 Å². The lowest BCUT2D eigenvalue weighted by Gasteiger charge is -2.08. The normalized spacial score (nSPS) is 10.2. The van der Waals surface area contributed by atoms with E-state index in [1.807, 2.05) is 0 Å². The van der Waals surface area contributed by atoms with Gasteiger partial charge in [-0.3, -0.25) is 4.79 Å². The second kappa shape index (κ2) is 6.85. The number of hydrogen-bond donors (Lipinski definition) is 2. The van der Waals surface area contributed by atoms with Crippen LogP contribution in [0.2, 0.25) is 0 Å². The van der Waals surface area contributed by atoms with Crippen LogP contribution in [-0.2, 0) is 13.2 Å². The van der Waals surface area contributed by atoms with Crippen molar-refractivity contribution < 1.29 is 19.0 Å². The fourth-order valence-electron chi connectivity index (χ4n) is 1.85. The molecule has 0 radical (unpaired) electrons. The van der Waals surface area contributed by atoms with Gasteiger partial charge < -0.3 is 15.2 Å². The van der Waals surface area contributed by atoms with E-state index in [1.165, 1.54) is 25.3 Å². The molecule has 0 unspecified atom stereocenters. The molecule has 2 rings (SSSR count). The lowest BCUT2D eigenvalue weighted by molar-refractivity contribution is 0.0947. The van der Waals surface area contributed by atoms with Crippen molar-refractivity contribution in [1.82, 2.24) is 5.32 Å². The van der Waals surface area contributed by atoms with Gasteiger partial charge in [-0.25, -0.2) is 4.39 Å². The van der Waals surface area contributed by atoms with Crippen LogP contribution in [0.3, 0.4) is 0 Å². The lowest BCUT2D eigenvalue weighted by Crippen LogP contribution is -2.23. The van der Waals surface area contributed by atoms with E-state index in [2.05, 4.69) is 5.32 Å². The van der Waals surface area contributed by atoms with Crippen molar-refractivity contribution in [3.8, 4) is 5.75 Å². The largest absolute Gasteiger partial charge is 0.497 e. The van der Waals surface area contributed by atoms with Crippen LogP contribution in [0.25, 0.3) is 0 Å². The highest BCUT2D eigenvalue weighted by molar-refractivity contribution is 5.94. The van der Waals surface area contributed by atoms with Crippen LogP contribution in [0.4, 0.5) is 4.39 Å². The zero-order valence-electron chi connectivity index (χ0n) is 11.6. The summed E-state index contributed by atoms with van der Waals surface area (Å²) in [5, 5.41) is 11.6. The number of nitrogens with one attached hydrogen (secondary N) is 1. The molecule has 0 aliphatic carbocycles. The van der Waals surface area contributed by atoms with Gasteiger partial charge in [-0.05, 0) is 23.3 Å². The van der Waals surface area contributed by atoms with Gasteiger partial charge in [0.1, 0.15) is 11.6 Å². The highest BCUT2D eigenvalue weighted by Crippen LogP contribution is 2.16. The molecule has 0 aliphatic heterocycles. The lowest BCUT2D eigenvalue weighted by atomic mass is 10.1. The molecule has 1 amide bonds. The third-order valence-corrected chi connectivity index (χ3v) is 3.08. The minimum Gasteiger partial charge on any atom is -0.497 e. The van der Waals surface area contributed by atoms with Crippen molar-refractivity contribution in [3.05, 3.63) is 65.0 Å². The molecule has 110 valence electrons. The van der Waals surface area contributed by atoms with Gasteiger partial charge in [0.05, 0.1) is 19.3 Å². The van der Waals surface area contributed by atoms with Crippen molar-refractivity contribution >= 4 is 5.91 Å². The van der Waals surface area contributed by atoms with E-state index in [1.54, 1.807) is 24.3 Å². The van der Waals surface area contributed by atoms with Crippen molar-refractivity contribution in [3.63, 3.8) is 0 Å². The number of ether oxygens (including phenoxy) is 1. The summed E-state index contributed by atoms with van der Waals surface area (Å²) >= 11 is 0. The van der Waals surface area contributed by atoms with E-state index in [0.717, 1.165) is 11.1 Å². The smallest absolute Gasteiger partial charge is 0.254 e. The maximum Gasteiger partial charge on any atom is 0.254 e. The quantitative estimate of drug-likeness (QED) is 0.887. The first-order valence-electron chi connectivity index (χ1n) is 6.44. The molecule has 0 heterocycles. The molecule has 2 N–H and O–H groups in total. The number of aliphatic hydroxyl groups excluding tert-OH is 1. The molecule has 2 aromatic rings. The number of benzene rings is 2. The van der Waals surface area contributed by atoms with Crippen molar-refractivity contribution in [1.29, 1.82) is 0 Å². The summed E-state index contributed by atoms with van der Waals surface area (Å²) in [6, 6.07) is 11.2. The number of carbonyl (C=O) groups excluding carboxylic acids is 1. The maximum atomic E-state index is 13.7. The minimum absolute atomic E-state index is 0.0241. The molecule has 0 atom stereocenters. The first-order valence-corrected chi connectivity index (χ1v) is 6.44. The zero-order chi connectivity index (χ0) is 15.2. The van der Waals surface area contributed by atoms with Crippen molar-refractivity contribution in [2.75, 3.05) is 7.11 Å². The molecular formula is C16H16FNO3. The maximum absolute atomic E-state index is 13.7. The predicted octanol–water partition coefficient (Wildman–Crippen LogP) is 2.26. The van der Waals surface area contributed by atoms with Crippen molar-refractivity contribution in [2.24, 2.45) is 0 Å². The Hall–Kier alpha value is -2.40. The van der Waals surface area contributed by atoms with Gasteiger partial charge in [-0.1, -0.05) is 24.3 Å². The fraction of sp³-hybridized carbons (Fsp3) is 0.188. The Bertz CT molecular complexity index is 626. The first-order chi connectivity index (χ1) is 10.1. The van der Waals surface area contributed by atoms with E-state index >= 15 is 0 Å². The molecule has 0 bridgehead atoms. The van der Waals surface area contributed by atoms with E-state index in [9.17, 15) is 9.18 Å². The van der Waals surface area contributed by atoms with E-state index in [0.29, 0.717) is 5.75 Å². The van der Waals surface area contributed by atoms with Crippen molar-refractivity contribution in [2.45, 2.75) is 13.2 Å². The highest BCUT2D eigenvalue weighted by atomic mass is 19.1. The molecule has 4 nitrogen and oxygen atoms in total. The zero-order valence-corrected chi connectivity index (χ0v) is 11.6. The third kappa shape index (κ3) is 3.79. The summed E-state index contributed by atoms with van der Waals surface area (Å²) in [5.74, 6) is -0.743. The second-order valence-corrected chi connectivity index (χ2v) is 4.50. The summed E-state index contributed by atoms with van der Waals surface area (Å²) in [7, 11) is 1.44. The third-order valence-electron chi connectivity index (χ3n) is 3.08. The second-order valence-electron chi connectivity index (χ2n) is 4.50. The SMILES string of the molecule is COc1ccc(C(=O)NCc2ccc(CO)cc2)c(F)c1. The van der Waals surface area contributed by atoms with Crippen LogP contribution in [0, 0.1) is 5.82 Å². The first kappa shape index (κ1) is 15.0. The standard InChI is InChI=1S/C16H16FNO3/c1-21-13-6-7-14(15(17)8-13)16(20)18-9-11-2-4-12(10-19)5-3-11/h2-8,19H,9-10H2,1H3,(H,18,20). The van der Waals surface area contributed by atoms with Crippen LogP contribution in [0.15, 0.2) is 42.5 Å². The summed E-state index contributed by atoms with van der Waals surface area (Å²) in [4.78, 5) is 11.9. The van der Waals surface area contributed by atoms with Gasteiger partial charge in [0.25, 0.3) is 5.91 Å². The molecular weight excluding hydrogens is 273 g/mol. The molecule has 0 saturated heterocycles. The molecule has 21 heavy (non-hydrogen) atoms. The predicted molar refractivity (Wildman–Crippen MR) is 76.5 cm³/mol. The minimum atomic E-state index is -0.623. The Morgan fingerprint density at radius 2 is 1.86 bits per heavy atom. The highest BCUT2D eigenvalue weighted by Gasteiger charge is 2.12. The molecule has 0 fully saturated rings. The number of aliphatic hydroxyl groups is 1. The summed E-state index contributed by atoms with van der Waals surface area (Å²) in [6.45, 7) is 0.264. The summed E-state index contributed by atoms with van der Waals surface area (Å²) < 4.78 is 18.6. The Morgan fingerprint density at radius 1 is 1.19 bits per heavy atom. The molecule has 5 heteroatoms. The number of methoxy groups -OCH3 is 1. The van der Waals surface area contributed by atoms with E-state index < -0.39 is 11.7 Å². The number of hydrogen-bond acceptors (Lipinski definition) is 3. The number of amides is 1. The van der Waals surface area contributed by atoms with Crippen LogP contribution in [0.5, 0.6) is 5.75 Å². The Morgan fingerprint density at radius 3 is 2.43 bits per heavy atom. The monoisotopic (exact) mass is 289 g/mol. The van der Waals surface area contributed by atoms with E-state index in [-0.39, 0.29) is 18.7 Å². The fourth-order valence-corrected chi connectivity index (χ4v) is 1.85. The average molecular weight is 289 g/mol. The van der Waals surface area contributed by atoms with Gasteiger partial charge in [0, 0.05) is 12.6 Å². The van der Waals surface area contributed by atoms with Gasteiger partial charge in [0.15, 0.2) is 0 Å². The van der Waals surface area contributed by atoms with Crippen LogP contribution in [0.1, 0.15) is 21.5 Å². The Kier molecular flexibility index (Phi) is 4.90. The van der Waals surface area contributed by atoms with Gasteiger partial charge in [-0.15, -0.1) is 0 Å². The Labute approximate surface area is 122 Å². The van der Waals surface area contributed by atoms with Crippen LogP contribution in [-0.4, -0.2) is 18.1 Å². The summed E-state index contributed by atoms with van der Waals surface area (Å²) in [6.07, 6.45) is 0. The van der Waals surface area contributed by atoms with Gasteiger partial charge in [0.2, 0.25) is 0 Å².